The minimum atomic E-state index is -0.407. The van der Waals surface area contributed by atoms with Gasteiger partial charge in [0.25, 0.3) is 0 Å². The highest BCUT2D eigenvalue weighted by Gasteiger charge is 2.52. The monoisotopic (exact) mass is 317 g/mol. The van der Waals surface area contributed by atoms with Gasteiger partial charge in [-0.2, -0.15) is 0 Å². The van der Waals surface area contributed by atoms with Crippen molar-refractivity contribution in [1.29, 1.82) is 0 Å². The molecule has 6 nitrogen and oxygen atoms in total. The van der Waals surface area contributed by atoms with E-state index in [0.717, 1.165) is 37.5 Å². The Morgan fingerprint density at radius 3 is 2.04 bits per heavy atom. The van der Waals surface area contributed by atoms with Crippen molar-refractivity contribution in [3.8, 4) is 0 Å². The lowest BCUT2D eigenvalue weighted by atomic mass is 9.81. The minimum absolute atomic E-state index is 0.348. The number of hydrogen-bond acceptors (Lipinski definition) is 6. The molecule has 0 saturated carbocycles. The van der Waals surface area contributed by atoms with Crippen molar-refractivity contribution in [2.45, 2.75) is 63.8 Å². The molecule has 4 heterocycles. The third-order valence-corrected chi connectivity index (χ3v) is 5.65. The molecule has 3 aliphatic heterocycles. The van der Waals surface area contributed by atoms with Crippen LogP contribution in [0.25, 0.3) is 0 Å². The van der Waals surface area contributed by atoms with Gasteiger partial charge in [0.2, 0.25) is 5.95 Å². The van der Waals surface area contributed by atoms with E-state index < -0.39 is 7.12 Å². The Hall–Kier alpha value is -1.18. The van der Waals surface area contributed by atoms with Crippen LogP contribution in [0.2, 0.25) is 0 Å². The van der Waals surface area contributed by atoms with Crippen molar-refractivity contribution in [3.63, 3.8) is 0 Å². The van der Waals surface area contributed by atoms with Crippen molar-refractivity contribution >= 4 is 18.5 Å². The Balaban J connectivity index is 1.53. The minimum Gasteiger partial charge on any atom is -0.399 e. The Morgan fingerprint density at radius 2 is 1.52 bits per heavy atom. The van der Waals surface area contributed by atoms with Gasteiger partial charge in [-0.25, -0.2) is 9.97 Å². The lowest BCUT2D eigenvalue weighted by Gasteiger charge is -2.34. The van der Waals surface area contributed by atoms with E-state index in [9.17, 15) is 0 Å². The fourth-order valence-corrected chi connectivity index (χ4v) is 3.52. The van der Waals surface area contributed by atoms with Gasteiger partial charge >= 0.3 is 7.12 Å². The zero-order chi connectivity index (χ0) is 16.2. The number of fused-ring (bicyclic) bond motifs is 2. The summed E-state index contributed by atoms with van der Waals surface area (Å²) in [4.78, 5) is 11.5. The van der Waals surface area contributed by atoms with Crippen LogP contribution in [0.1, 0.15) is 40.5 Å². The lowest BCUT2D eigenvalue weighted by molar-refractivity contribution is 0.00578. The predicted octanol–water partition coefficient (Wildman–Crippen LogP) is 1.14. The Morgan fingerprint density at radius 1 is 1.00 bits per heavy atom. The molecule has 0 aliphatic carbocycles. The first-order chi connectivity index (χ1) is 10.9. The second-order valence-electron chi connectivity index (χ2n) is 7.73. The first kappa shape index (κ1) is 15.4. The van der Waals surface area contributed by atoms with Crippen LogP contribution in [-0.4, -0.2) is 53.6 Å². The lowest BCUT2D eigenvalue weighted by Crippen LogP contribution is -2.47. The number of hydrogen-bond donors (Lipinski definition) is 0. The Labute approximate surface area is 137 Å². The van der Waals surface area contributed by atoms with E-state index in [0.29, 0.717) is 12.1 Å². The van der Waals surface area contributed by atoms with Crippen LogP contribution in [0.4, 0.5) is 5.95 Å². The average Bonchev–Trinajstić information content (AvgIpc) is 2.87. The molecule has 2 bridgehead atoms. The molecule has 3 aliphatic rings. The van der Waals surface area contributed by atoms with Crippen LogP contribution in [0.5, 0.6) is 0 Å². The Bertz CT molecular complexity index is 561. The second kappa shape index (κ2) is 5.16. The molecule has 3 fully saturated rings. The summed E-state index contributed by atoms with van der Waals surface area (Å²) < 4.78 is 17.7. The van der Waals surface area contributed by atoms with Crippen molar-refractivity contribution < 1.29 is 14.0 Å². The number of nitrogens with zero attached hydrogens (tertiary/aromatic N) is 3. The summed E-state index contributed by atoms with van der Waals surface area (Å²) in [6, 6.07) is 0.827. The summed E-state index contributed by atoms with van der Waals surface area (Å²) in [6.45, 7) is 9.75. The highest BCUT2D eigenvalue weighted by molar-refractivity contribution is 6.61. The van der Waals surface area contributed by atoms with E-state index in [-0.39, 0.29) is 11.2 Å². The van der Waals surface area contributed by atoms with E-state index in [1.54, 1.807) is 0 Å². The smallest absolute Gasteiger partial charge is 0.399 e. The highest BCUT2D eigenvalue weighted by atomic mass is 16.7. The van der Waals surface area contributed by atoms with Crippen LogP contribution in [0, 0.1) is 0 Å². The van der Waals surface area contributed by atoms with E-state index in [1.807, 2.05) is 40.1 Å². The molecule has 0 N–H and O–H groups in total. The topological polar surface area (TPSA) is 56.7 Å². The van der Waals surface area contributed by atoms with E-state index in [2.05, 4.69) is 14.9 Å². The molecule has 0 aromatic carbocycles. The van der Waals surface area contributed by atoms with Gasteiger partial charge in [0.1, 0.15) is 0 Å². The van der Waals surface area contributed by atoms with E-state index >= 15 is 0 Å². The molecule has 0 radical (unpaired) electrons. The number of anilines is 1. The molecule has 0 amide bonds. The molecular formula is C16H24BN3O3. The standard InChI is InChI=1S/C16H24BN3O3/c1-15(2)16(3,4)23-17(22-15)11-7-18-14(19-8-11)20-12-5-6-13(20)10-21-9-12/h7-8,12-13H,5-6,9-10H2,1-4H3. The van der Waals surface area contributed by atoms with Gasteiger partial charge < -0.3 is 18.9 Å². The largest absolute Gasteiger partial charge is 0.498 e. The van der Waals surface area contributed by atoms with Crippen molar-refractivity contribution in [3.05, 3.63) is 12.4 Å². The summed E-state index contributed by atoms with van der Waals surface area (Å²) in [5.41, 5.74) is 0.173. The van der Waals surface area contributed by atoms with E-state index in [1.165, 1.54) is 0 Å². The SMILES string of the molecule is CC1(C)OB(c2cnc(N3C4CCC3COC4)nc2)OC1(C)C. The maximum atomic E-state index is 6.05. The third kappa shape index (κ3) is 2.46. The molecule has 0 spiro atoms. The maximum absolute atomic E-state index is 6.05. The van der Waals surface area contributed by atoms with Gasteiger partial charge in [0.05, 0.1) is 36.5 Å². The zero-order valence-electron chi connectivity index (χ0n) is 14.3. The van der Waals surface area contributed by atoms with Gasteiger partial charge in [-0.15, -0.1) is 0 Å². The highest BCUT2D eigenvalue weighted by Crippen LogP contribution is 2.36. The summed E-state index contributed by atoms with van der Waals surface area (Å²) in [6.07, 6.45) is 5.98. The van der Waals surface area contributed by atoms with Gasteiger partial charge in [-0.05, 0) is 40.5 Å². The molecule has 23 heavy (non-hydrogen) atoms. The van der Waals surface area contributed by atoms with E-state index in [4.69, 9.17) is 14.0 Å². The summed E-state index contributed by atoms with van der Waals surface area (Å²) in [5, 5.41) is 0. The summed E-state index contributed by atoms with van der Waals surface area (Å²) in [5.74, 6) is 0.793. The zero-order valence-corrected chi connectivity index (χ0v) is 14.3. The molecular weight excluding hydrogens is 293 g/mol. The molecule has 2 atom stereocenters. The summed E-state index contributed by atoms with van der Waals surface area (Å²) >= 11 is 0. The fourth-order valence-electron chi connectivity index (χ4n) is 3.52. The molecule has 1 aromatic rings. The average molecular weight is 317 g/mol. The number of rotatable bonds is 2. The number of morpholine rings is 1. The molecule has 1 aromatic heterocycles. The van der Waals surface area contributed by atoms with Crippen LogP contribution in [0.15, 0.2) is 12.4 Å². The number of ether oxygens (including phenoxy) is 1. The molecule has 3 saturated heterocycles. The van der Waals surface area contributed by atoms with Crippen LogP contribution < -0.4 is 10.4 Å². The molecule has 2 unspecified atom stereocenters. The summed E-state index contributed by atoms with van der Waals surface area (Å²) in [7, 11) is -0.407. The van der Waals surface area contributed by atoms with Crippen LogP contribution >= 0.6 is 0 Å². The maximum Gasteiger partial charge on any atom is 0.498 e. The molecule has 4 rings (SSSR count). The van der Waals surface area contributed by atoms with Gasteiger partial charge in [0, 0.05) is 17.9 Å². The predicted molar refractivity (Wildman–Crippen MR) is 87.9 cm³/mol. The Kier molecular flexibility index (Phi) is 3.45. The van der Waals surface area contributed by atoms with Crippen molar-refractivity contribution in [2.24, 2.45) is 0 Å². The van der Waals surface area contributed by atoms with Gasteiger partial charge in [0.15, 0.2) is 0 Å². The first-order valence-corrected chi connectivity index (χ1v) is 8.41. The fraction of sp³-hybridized carbons (Fsp3) is 0.750. The van der Waals surface area contributed by atoms with Crippen molar-refractivity contribution in [2.75, 3.05) is 18.1 Å². The third-order valence-electron chi connectivity index (χ3n) is 5.65. The first-order valence-electron chi connectivity index (χ1n) is 8.41. The number of aromatic nitrogens is 2. The van der Waals surface area contributed by atoms with Crippen LogP contribution in [0.3, 0.4) is 0 Å². The van der Waals surface area contributed by atoms with Gasteiger partial charge in [-0.1, -0.05) is 0 Å². The molecule has 7 heteroatoms. The normalized spacial score (nSPS) is 31.7. The second-order valence-corrected chi connectivity index (χ2v) is 7.73. The molecule has 124 valence electrons. The van der Waals surface area contributed by atoms with Gasteiger partial charge in [-0.3, -0.25) is 0 Å². The van der Waals surface area contributed by atoms with Crippen molar-refractivity contribution in [1.82, 2.24) is 9.97 Å². The van der Waals surface area contributed by atoms with Crippen LogP contribution in [-0.2, 0) is 14.0 Å². The quantitative estimate of drug-likeness (QED) is 0.763.